The highest BCUT2D eigenvalue weighted by Crippen LogP contribution is 2.23. The number of likely N-dealkylation sites (N-methyl/N-ethyl adjacent to an activating group) is 1. The van der Waals surface area contributed by atoms with Gasteiger partial charge in [-0.2, -0.15) is 0 Å². The van der Waals surface area contributed by atoms with Crippen molar-refractivity contribution in [2.24, 2.45) is 0 Å². The highest BCUT2D eigenvalue weighted by atomic mass is 19.1. The molecular formula is C12H14FNO3. The molecule has 1 atom stereocenters. The van der Waals surface area contributed by atoms with Gasteiger partial charge in [-0.3, -0.25) is 4.79 Å². The van der Waals surface area contributed by atoms with Gasteiger partial charge in [0, 0.05) is 20.0 Å². The molecular weight excluding hydrogens is 225 g/mol. The van der Waals surface area contributed by atoms with Crippen molar-refractivity contribution in [1.29, 1.82) is 0 Å². The van der Waals surface area contributed by atoms with E-state index in [2.05, 4.69) is 0 Å². The lowest BCUT2D eigenvalue weighted by Crippen LogP contribution is -2.29. The summed E-state index contributed by atoms with van der Waals surface area (Å²) < 4.78 is 18.9. The molecule has 1 aromatic rings. The summed E-state index contributed by atoms with van der Waals surface area (Å²) in [6.45, 7) is 0.405. The first kappa shape index (κ1) is 11.9. The molecule has 0 spiro atoms. The Balaban J connectivity index is 2.11. The van der Waals surface area contributed by atoms with E-state index in [0.717, 1.165) is 0 Å². The molecule has 1 amide bonds. The number of carbonyl (C=O) groups excluding carboxylic acids is 1. The molecule has 2 rings (SSSR count). The highest BCUT2D eigenvalue weighted by molar-refractivity contribution is 5.83. The summed E-state index contributed by atoms with van der Waals surface area (Å²) in [6, 6.07) is 4.21. The van der Waals surface area contributed by atoms with Gasteiger partial charge in [0.15, 0.2) is 17.7 Å². The van der Waals surface area contributed by atoms with Crippen molar-refractivity contribution in [3.63, 3.8) is 0 Å². The summed E-state index contributed by atoms with van der Waals surface area (Å²) in [7, 11) is 1.69. The molecule has 0 aliphatic carbocycles. The SMILES string of the molecule is CN1CCC(Oc2ccc(CO)cc2F)C1=O. The number of hydrogen-bond donors (Lipinski definition) is 1. The number of nitrogens with zero attached hydrogens (tertiary/aromatic N) is 1. The fourth-order valence-corrected chi connectivity index (χ4v) is 1.79. The van der Waals surface area contributed by atoms with Crippen LogP contribution in [-0.2, 0) is 11.4 Å². The van der Waals surface area contributed by atoms with E-state index >= 15 is 0 Å². The fourth-order valence-electron chi connectivity index (χ4n) is 1.79. The molecule has 1 aliphatic heterocycles. The molecule has 0 aromatic heterocycles. The van der Waals surface area contributed by atoms with E-state index in [1.807, 2.05) is 0 Å². The molecule has 1 unspecified atom stereocenters. The first-order valence-electron chi connectivity index (χ1n) is 5.42. The third-order valence-electron chi connectivity index (χ3n) is 2.83. The average molecular weight is 239 g/mol. The fraction of sp³-hybridized carbons (Fsp3) is 0.417. The second-order valence-corrected chi connectivity index (χ2v) is 4.08. The maximum absolute atomic E-state index is 13.6. The van der Waals surface area contributed by atoms with Crippen molar-refractivity contribution < 1.29 is 19.0 Å². The van der Waals surface area contributed by atoms with Crippen LogP contribution in [-0.4, -0.2) is 35.6 Å². The summed E-state index contributed by atoms with van der Waals surface area (Å²) in [5.74, 6) is -0.634. The average Bonchev–Trinajstić information content (AvgIpc) is 2.63. The lowest BCUT2D eigenvalue weighted by Gasteiger charge is -2.13. The Kier molecular flexibility index (Phi) is 3.28. The Hall–Kier alpha value is -1.62. The number of halogens is 1. The number of aliphatic hydroxyl groups is 1. The van der Waals surface area contributed by atoms with E-state index in [9.17, 15) is 9.18 Å². The monoisotopic (exact) mass is 239 g/mol. The molecule has 92 valence electrons. The predicted molar refractivity (Wildman–Crippen MR) is 59.0 cm³/mol. The van der Waals surface area contributed by atoms with E-state index in [0.29, 0.717) is 18.5 Å². The number of benzene rings is 1. The van der Waals surface area contributed by atoms with E-state index < -0.39 is 11.9 Å². The zero-order valence-electron chi connectivity index (χ0n) is 9.52. The first-order chi connectivity index (χ1) is 8.11. The topological polar surface area (TPSA) is 49.8 Å². The summed E-state index contributed by atoms with van der Waals surface area (Å²) in [6.07, 6.45) is -0.0363. The highest BCUT2D eigenvalue weighted by Gasteiger charge is 2.31. The number of hydrogen-bond acceptors (Lipinski definition) is 3. The van der Waals surface area contributed by atoms with Gasteiger partial charge in [0.25, 0.3) is 5.91 Å². The van der Waals surface area contributed by atoms with Gasteiger partial charge >= 0.3 is 0 Å². The Morgan fingerprint density at radius 2 is 2.35 bits per heavy atom. The van der Waals surface area contributed by atoms with Gasteiger partial charge in [0.2, 0.25) is 0 Å². The zero-order chi connectivity index (χ0) is 12.4. The van der Waals surface area contributed by atoms with Crippen molar-refractivity contribution in [3.05, 3.63) is 29.6 Å². The molecule has 0 saturated carbocycles. The van der Waals surface area contributed by atoms with Gasteiger partial charge < -0.3 is 14.7 Å². The van der Waals surface area contributed by atoms with E-state index in [1.165, 1.54) is 12.1 Å². The number of ether oxygens (including phenoxy) is 1. The number of amides is 1. The first-order valence-corrected chi connectivity index (χ1v) is 5.42. The largest absolute Gasteiger partial charge is 0.477 e. The Morgan fingerprint density at radius 1 is 1.59 bits per heavy atom. The minimum absolute atomic E-state index is 0.0517. The number of likely N-dealkylation sites (tertiary alicyclic amines) is 1. The lowest BCUT2D eigenvalue weighted by molar-refractivity contribution is -0.132. The Labute approximate surface area is 98.6 Å². The van der Waals surface area contributed by atoms with Crippen molar-refractivity contribution in [1.82, 2.24) is 4.90 Å². The summed E-state index contributed by atoms with van der Waals surface area (Å²) >= 11 is 0. The van der Waals surface area contributed by atoms with E-state index in [4.69, 9.17) is 9.84 Å². The Bertz CT molecular complexity index is 436. The molecule has 1 heterocycles. The van der Waals surface area contributed by atoms with Crippen molar-refractivity contribution in [3.8, 4) is 5.75 Å². The summed E-state index contributed by atoms with van der Waals surface area (Å²) in [5, 5.41) is 8.85. The quantitative estimate of drug-likeness (QED) is 0.853. The van der Waals surface area contributed by atoms with Gasteiger partial charge in [-0.25, -0.2) is 4.39 Å². The van der Waals surface area contributed by atoms with Crippen LogP contribution in [0.4, 0.5) is 4.39 Å². The third-order valence-corrected chi connectivity index (χ3v) is 2.83. The normalized spacial score (nSPS) is 19.8. The standard InChI is InChI=1S/C12H14FNO3/c1-14-5-4-11(12(14)16)17-10-3-2-8(7-15)6-9(10)13/h2-3,6,11,15H,4-5,7H2,1H3. The van der Waals surface area contributed by atoms with E-state index in [-0.39, 0.29) is 18.3 Å². The second-order valence-electron chi connectivity index (χ2n) is 4.08. The molecule has 1 saturated heterocycles. The third kappa shape index (κ3) is 2.39. The van der Waals surface area contributed by atoms with Gasteiger partial charge in [-0.05, 0) is 17.7 Å². The zero-order valence-corrected chi connectivity index (χ0v) is 9.52. The maximum atomic E-state index is 13.6. The molecule has 1 aliphatic rings. The van der Waals surface area contributed by atoms with Crippen LogP contribution in [0.1, 0.15) is 12.0 Å². The predicted octanol–water partition coefficient (Wildman–Crippen LogP) is 0.927. The van der Waals surface area contributed by atoms with Crippen LogP contribution in [0.2, 0.25) is 0 Å². The maximum Gasteiger partial charge on any atom is 0.263 e. The van der Waals surface area contributed by atoms with Crippen molar-refractivity contribution in [2.75, 3.05) is 13.6 Å². The number of carbonyl (C=O) groups is 1. The van der Waals surface area contributed by atoms with Gasteiger partial charge in [0.1, 0.15) is 0 Å². The Morgan fingerprint density at radius 3 is 2.88 bits per heavy atom. The van der Waals surface area contributed by atoms with Crippen LogP contribution in [0.25, 0.3) is 0 Å². The van der Waals surface area contributed by atoms with Crippen LogP contribution in [0.3, 0.4) is 0 Å². The number of rotatable bonds is 3. The number of aliphatic hydroxyl groups excluding tert-OH is 1. The summed E-state index contributed by atoms with van der Waals surface area (Å²) in [5.41, 5.74) is 0.477. The van der Waals surface area contributed by atoms with Crippen LogP contribution in [0, 0.1) is 5.82 Å². The molecule has 4 nitrogen and oxygen atoms in total. The van der Waals surface area contributed by atoms with Crippen LogP contribution in [0.5, 0.6) is 5.75 Å². The van der Waals surface area contributed by atoms with Crippen molar-refractivity contribution in [2.45, 2.75) is 19.1 Å². The molecule has 17 heavy (non-hydrogen) atoms. The smallest absolute Gasteiger partial charge is 0.263 e. The molecule has 0 bridgehead atoms. The van der Waals surface area contributed by atoms with Crippen LogP contribution in [0.15, 0.2) is 18.2 Å². The van der Waals surface area contributed by atoms with Crippen LogP contribution < -0.4 is 4.74 Å². The molecule has 1 aromatic carbocycles. The second kappa shape index (κ2) is 4.71. The van der Waals surface area contributed by atoms with Gasteiger partial charge in [-0.1, -0.05) is 6.07 Å². The van der Waals surface area contributed by atoms with E-state index in [1.54, 1.807) is 18.0 Å². The molecule has 5 heteroatoms. The molecule has 0 radical (unpaired) electrons. The van der Waals surface area contributed by atoms with Crippen molar-refractivity contribution >= 4 is 5.91 Å². The minimum Gasteiger partial charge on any atom is -0.477 e. The van der Waals surface area contributed by atoms with Crippen LogP contribution >= 0.6 is 0 Å². The molecule has 1 fully saturated rings. The van der Waals surface area contributed by atoms with Gasteiger partial charge in [-0.15, -0.1) is 0 Å². The minimum atomic E-state index is -0.602. The lowest BCUT2D eigenvalue weighted by atomic mass is 10.2. The van der Waals surface area contributed by atoms with Gasteiger partial charge in [0.05, 0.1) is 6.61 Å². The molecule has 1 N–H and O–H groups in total. The summed E-state index contributed by atoms with van der Waals surface area (Å²) in [4.78, 5) is 13.1.